The molecule has 5 heteroatoms. The lowest BCUT2D eigenvalue weighted by atomic mass is 10.3. The third kappa shape index (κ3) is 2.67. The Morgan fingerprint density at radius 2 is 1.83 bits per heavy atom. The van der Waals surface area contributed by atoms with E-state index in [1.807, 2.05) is 52.5 Å². The molecule has 1 aromatic carbocycles. The van der Waals surface area contributed by atoms with Crippen molar-refractivity contribution in [1.82, 2.24) is 4.90 Å². The smallest absolute Gasteiger partial charge is 0.378 e. The summed E-state index contributed by atoms with van der Waals surface area (Å²) >= 11 is 0. The first-order valence-electron chi connectivity index (χ1n) is 6.06. The molecule has 0 amide bonds. The SMILES string of the molecule is CN1CC[N+](C)=C1N=Nc1ccc(N(C)C)cc1. The van der Waals surface area contributed by atoms with E-state index in [4.69, 9.17) is 0 Å². The first-order chi connectivity index (χ1) is 8.58. The number of benzene rings is 1. The number of hydrogen-bond donors (Lipinski definition) is 0. The molecule has 0 aromatic heterocycles. The van der Waals surface area contributed by atoms with Crippen molar-refractivity contribution in [2.24, 2.45) is 10.2 Å². The third-order valence-electron chi connectivity index (χ3n) is 3.07. The molecule has 1 aliphatic heterocycles. The molecule has 0 bridgehead atoms. The lowest BCUT2D eigenvalue weighted by Gasteiger charge is -2.11. The van der Waals surface area contributed by atoms with Crippen molar-refractivity contribution in [3.8, 4) is 0 Å². The number of nitrogens with zero attached hydrogens (tertiary/aromatic N) is 5. The summed E-state index contributed by atoms with van der Waals surface area (Å²) in [7, 11) is 8.11. The Morgan fingerprint density at radius 1 is 1.17 bits per heavy atom. The fraction of sp³-hybridized carbons (Fsp3) is 0.462. The summed E-state index contributed by atoms with van der Waals surface area (Å²) in [4.78, 5) is 4.17. The maximum Gasteiger partial charge on any atom is 0.412 e. The maximum absolute atomic E-state index is 4.31. The van der Waals surface area contributed by atoms with Crippen LogP contribution in [0.15, 0.2) is 34.5 Å². The summed E-state index contributed by atoms with van der Waals surface area (Å²) in [5.41, 5.74) is 2.04. The molecule has 0 saturated carbocycles. The van der Waals surface area contributed by atoms with Crippen molar-refractivity contribution >= 4 is 17.3 Å². The summed E-state index contributed by atoms with van der Waals surface area (Å²) in [5, 5.41) is 8.59. The Hall–Kier alpha value is -1.91. The van der Waals surface area contributed by atoms with Crippen LogP contribution in [0.5, 0.6) is 0 Å². The summed E-state index contributed by atoms with van der Waals surface area (Å²) in [6.07, 6.45) is 0. The van der Waals surface area contributed by atoms with E-state index in [0.717, 1.165) is 30.4 Å². The van der Waals surface area contributed by atoms with Crippen LogP contribution >= 0.6 is 0 Å². The zero-order valence-corrected chi connectivity index (χ0v) is 11.5. The monoisotopic (exact) mass is 246 g/mol. The Balaban J connectivity index is 2.12. The topological polar surface area (TPSA) is 34.2 Å². The highest BCUT2D eigenvalue weighted by Crippen LogP contribution is 2.18. The summed E-state index contributed by atoms with van der Waals surface area (Å²) in [6, 6.07) is 8.05. The average molecular weight is 246 g/mol. The highest BCUT2D eigenvalue weighted by molar-refractivity contribution is 5.76. The van der Waals surface area contributed by atoms with E-state index in [2.05, 4.69) is 24.6 Å². The minimum Gasteiger partial charge on any atom is -0.378 e. The van der Waals surface area contributed by atoms with Crippen LogP contribution in [0.1, 0.15) is 0 Å². The van der Waals surface area contributed by atoms with Crippen LogP contribution in [0.3, 0.4) is 0 Å². The van der Waals surface area contributed by atoms with Gasteiger partial charge in [0, 0.05) is 24.9 Å². The van der Waals surface area contributed by atoms with E-state index < -0.39 is 0 Å². The Labute approximate surface area is 108 Å². The van der Waals surface area contributed by atoms with Crippen LogP contribution in [0, 0.1) is 0 Å². The van der Waals surface area contributed by atoms with Crippen molar-refractivity contribution in [2.45, 2.75) is 0 Å². The minimum atomic E-state index is 0.877. The number of guanidine groups is 1. The van der Waals surface area contributed by atoms with Gasteiger partial charge in [-0.05, 0) is 24.3 Å². The van der Waals surface area contributed by atoms with Crippen LogP contribution in [0.2, 0.25) is 0 Å². The van der Waals surface area contributed by atoms with E-state index in [9.17, 15) is 0 Å². The van der Waals surface area contributed by atoms with Gasteiger partial charge in [-0.3, -0.25) is 9.48 Å². The second-order valence-corrected chi connectivity index (χ2v) is 4.75. The lowest BCUT2D eigenvalue weighted by molar-refractivity contribution is -0.487. The van der Waals surface area contributed by atoms with Gasteiger partial charge in [-0.15, -0.1) is 0 Å². The largest absolute Gasteiger partial charge is 0.412 e. The van der Waals surface area contributed by atoms with E-state index >= 15 is 0 Å². The molecule has 0 spiro atoms. The maximum atomic E-state index is 4.31. The van der Waals surface area contributed by atoms with E-state index in [-0.39, 0.29) is 0 Å². The molecule has 0 unspecified atom stereocenters. The van der Waals surface area contributed by atoms with Crippen LogP contribution < -0.4 is 4.90 Å². The second kappa shape index (κ2) is 5.16. The van der Waals surface area contributed by atoms with Gasteiger partial charge in [0.25, 0.3) is 0 Å². The van der Waals surface area contributed by atoms with Crippen molar-refractivity contribution in [3.63, 3.8) is 0 Å². The van der Waals surface area contributed by atoms with Gasteiger partial charge < -0.3 is 4.90 Å². The predicted molar refractivity (Wildman–Crippen MR) is 74.0 cm³/mol. The standard InChI is InChI=1S/C13H20N5/c1-16(2)12-7-5-11(6-8-12)14-15-13-17(3)9-10-18(13)4/h5-8H,9-10H2,1-4H3/q+1. The zero-order chi connectivity index (χ0) is 13.1. The van der Waals surface area contributed by atoms with Gasteiger partial charge in [0.05, 0.1) is 27.2 Å². The molecule has 2 rings (SSSR count). The van der Waals surface area contributed by atoms with E-state index in [1.54, 1.807) is 0 Å². The van der Waals surface area contributed by atoms with E-state index in [1.165, 1.54) is 0 Å². The van der Waals surface area contributed by atoms with Gasteiger partial charge in [-0.1, -0.05) is 5.11 Å². The van der Waals surface area contributed by atoms with Crippen LogP contribution in [0.25, 0.3) is 0 Å². The first-order valence-corrected chi connectivity index (χ1v) is 6.06. The number of azo groups is 1. The number of likely N-dealkylation sites (N-methyl/N-ethyl adjacent to an activating group) is 2. The number of rotatable bonds is 2. The third-order valence-corrected chi connectivity index (χ3v) is 3.07. The molecule has 0 radical (unpaired) electrons. The molecule has 96 valence electrons. The molecule has 1 aromatic rings. The van der Waals surface area contributed by atoms with Crippen molar-refractivity contribution in [3.05, 3.63) is 24.3 Å². The Bertz CT molecular complexity index is 473. The molecule has 0 saturated heterocycles. The molecule has 0 fully saturated rings. The Morgan fingerprint density at radius 3 is 2.33 bits per heavy atom. The van der Waals surface area contributed by atoms with Gasteiger partial charge in [0.1, 0.15) is 5.69 Å². The molecule has 0 aliphatic carbocycles. The molecule has 1 heterocycles. The molecule has 0 atom stereocenters. The summed E-state index contributed by atoms with van der Waals surface area (Å²) < 4.78 is 2.11. The first kappa shape index (κ1) is 12.5. The number of anilines is 1. The highest BCUT2D eigenvalue weighted by atomic mass is 15.4. The minimum absolute atomic E-state index is 0.877. The zero-order valence-electron chi connectivity index (χ0n) is 11.5. The van der Waals surface area contributed by atoms with Crippen molar-refractivity contribution in [2.75, 3.05) is 46.2 Å². The normalized spacial score (nSPS) is 15.9. The van der Waals surface area contributed by atoms with Gasteiger partial charge >= 0.3 is 5.96 Å². The van der Waals surface area contributed by atoms with Gasteiger partial charge in [0.15, 0.2) is 0 Å². The fourth-order valence-electron chi connectivity index (χ4n) is 1.86. The quantitative estimate of drug-likeness (QED) is 0.589. The lowest BCUT2D eigenvalue weighted by Crippen LogP contribution is -2.22. The van der Waals surface area contributed by atoms with Gasteiger partial charge in [-0.25, -0.2) is 0 Å². The molecule has 1 aliphatic rings. The molecular weight excluding hydrogens is 226 g/mol. The summed E-state index contributed by atoms with van der Waals surface area (Å²) in [5.74, 6) is 0.923. The second-order valence-electron chi connectivity index (χ2n) is 4.75. The van der Waals surface area contributed by atoms with Gasteiger partial charge in [0.2, 0.25) is 0 Å². The molecular formula is C13H20N5+. The summed E-state index contributed by atoms with van der Waals surface area (Å²) in [6.45, 7) is 2.01. The van der Waals surface area contributed by atoms with Crippen molar-refractivity contribution in [1.29, 1.82) is 0 Å². The molecule has 18 heavy (non-hydrogen) atoms. The predicted octanol–water partition coefficient (Wildman–Crippen LogP) is 1.78. The Kier molecular flexibility index (Phi) is 3.60. The van der Waals surface area contributed by atoms with Gasteiger partial charge in [-0.2, -0.15) is 0 Å². The highest BCUT2D eigenvalue weighted by Gasteiger charge is 2.24. The van der Waals surface area contributed by atoms with Crippen molar-refractivity contribution < 1.29 is 4.58 Å². The number of hydrogen-bond acceptors (Lipinski definition) is 4. The average Bonchev–Trinajstić information content (AvgIpc) is 2.67. The van der Waals surface area contributed by atoms with E-state index in [0.29, 0.717) is 0 Å². The molecule has 0 N–H and O–H groups in total. The van der Waals surface area contributed by atoms with Crippen LogP contribution in [-0.4, -0.2) is 56.7 Å². The van der Waals surface area contributed by atoms with Crippen LogP contribution in [-0.2, 0) is 0 Å². The molecule has 5 nitrogen and oxygen atoms in total. The fourth-order valence-corrected chi connectivity index (χ4v) is 1.86. The van der Waals surface area contributed by atoms with Crippen LogP contribution in [0.4, 0.5) is 11.4 Å².